The quantitative estimate of drug-likeness (QED) is 0.298. The second-order valence-electron chi connectivity index (χ2n) is 0.253. The molecule has 0 aliphatic rings. The van der Waals surface area contributed by atoms with E-state index in [1.54, 1.807) is 0 Å². The minimum atomic E-state index is -3.63. The maximum atomic E-state index is 10.1. The van der Waals surface area contributed by atoms with E-state index in [1.807, 2.05) is 0 Å². The molecule has 0 aromatic rings. The first-order valence-corrected chi connectivity index (χ1v) is 1.85. The van der Waals surface area contributed by atoms with Gasteiger partial charge in [0.1, 0.15) is 0 Å². The maximum absolute atomic E-state index is 10.1. The van der Waals surface area contributed by atoms with E-state index >= 15 is 0 Å². The van der Waals surface area contributed by atoms with E-state index in [4.69, 9.17) is 9.26 Å². The van der Waals surface area contributed by atoms with Crippen LogP contribution in [0.4, 0.5) is 4.11 Å². The molecule has 0 rings (SSSR count). The Hall–Kier alpha value is 1.51. The van der Waals surface area contributed by atoms with Crippen LogP contribution in [-0.4, -0.2) is 66.7 Å². The molecule has 0 atom stereocenters. The summed E-state index contributed by atoms with van der Waals surface area (Å²) < 4.78 is 18.6. The van der Waals surface area contributed by atoms with E-state index in [0.29, 0.717) is 0 Å². The number of halogens is 1. The first-order chi connectivity index (χ1) is 1.73. The minimum absolute atomic E-state index is 0. The summed E-state index contributed by atoms with van der Waals surface area (Å²) in [6.07, 6.45) is 0. The molecule has 30 valence electrons. The van der Waals surface area contributed by atoms with Crippen LogP contribution in [0.3, 0.4) is 0 Å². The Bertz CT molecular complexity index is 36.5. The zero-order chi connectivity index (χ0) is 3.58. The molecule has 0 saturated heterocycles. The van der Waals surface area contributed by atoms with Crippen molar-refractivity contribution in [2.45, 2.75) is 0 Å². The van der Waals surface area contributed by atoms with Crippen molar-refractivity contribution in [1.82, 2.24) is 0 Å². The van der Waals surface area contributed by atoms with E-state index in [1.165, 1.54) is 0 Å². The molecule has 0 saturated carbocycles. The van der Waals surface area contributed by atoms with Gasteiger partial charge in [0, 0.05) is 0 Å². The van der Waals surface area contributed by atoms with Crippen molar-refractivity contribution in [2.75, 3.05) is 0 Å². The van der Waals surface area contributed by atoms with Crippen molar-refractivity contribution in [3.05, 3.63) is 0 Å². The summed E-state index contributed by atoms with van der Waals surface area (Å²) in [7, 11) is -3.63. The molecular formula is H4FMgNaO2Si. The van der Waals surface area contributed by atoms with Crippen LogP contribution in [0.25, 0.3) is 0 Å². The van der Waals surface area contributed by atoms with E-state index in [0.717, 1.165) is 0 Å². The summed E-state index contributed by atoms with van der Waals surface area (Å²) in [6.45, 7) is 0. The Morgan fingerprint density at radius 3 is 1.67 bits per heavy atom. The van der Waals surface area contributed by atoms with Gasteiger partial charge in [0.15, 0.2) is 0 Å². The molecule has 6 heavy (non-hydrogen) atoms. The topological polar surface area (TPSA) is 37.3 Å². The summed E-state index contributed by atoms with van der Waals surface area (Å²) in [6, 6.07) is 0. The monoisotopic (exact) mass is 130 g/mol. The van der Waals surface area contributed by atoms with Gasteiger partial charge in [-0.15, -0.1) is 0 Å². The molecule has 6 heteroatoms. The van der Waals surface area contributed by atoms with Gasteiger partial charge in [-0.2, -0.15) is 4.11 Å². The summed E-state index contributed by atoms with van der Waals surface area (Å²) in [5.74, 6) is 0. The third-order valence-electron chi connectivity index (χ3n) is 0. The molecule has 0 unspecified atom stereocenters. The third kappa shape index (κ3) is 49.0. The van der Waals surface area contributed by atoms with Crippen LogP contribution in [0, 0.1) is 0 Å². The van der Waals surface area contributed by atoms with E-state index in [-0.39, 0.29) is 52.6 Å². The molecule has 0 bridgehead atoms. The average molecular weight is 130 g/mol. The fourth-order valence-electron chi connectivity index (χ4n) is 0. The third-order valence-corrected chi connectivity index (χ3v) is 0. The van der Waals surface area contributed by atoms with E-state index < -0.39 is 9.26 Å². The summed E-state index contributed by atoms with van der Waals surface area (Å²) in [5, 5.41) is 0. The SMILES string of the molecule is O=[Si](O)F.[MgH2].[NaH]. The Morgan fingerprint density at radius 1 is 1.67 bits per heavy atom. The zero-order valence-electron chi connectivity index (χ0n) is 1.73. The molecule has 0 radical (unpaired) electrons. The van der Waals surface area contributed by atoms with Crippen molar-refractivity contribution in [3.63, 3.8) is 0 Å². The normalized spacial score (nSPS) is 4.17. The van der Waals surface area contributed by atoms with Crippen molar-refractivity contribution >= 4 is 61.9 Å². The van der Waals surface area contributed by atoms with E-state index in [9.17, 15) is 4.11 Å². The Balaban J connectivity index is -0.0000000450. The zero-order valence-corrected chi connectivity index (χ0v) is 2.73. The van der Waals surface area contributed by atoms with Gasteiger partial charge in [0.05, 0.1) is 0 Å². The van der Waals surface area contributed by atoms with E-state index in [2.05, 4.69) is 0 Å². The Kier molecular flexibility index (Phi) is 25.3. The molecule has 0 aliphatic heterocycles. The fourth-order valence-corrected chi connectivity index (χ4v) is 0. The molecular weight excluding hydrogens is 126 g/mol. The van der Waals surface area contributed by atoms with Gasteiger partial charge in [-0.3, -0.25) is 4.46 Å². The van der Waals surface area contributed by atoms with Crippen LogP contribution in [0.5, 0.6) is 0 Å². The molecule has 0 heterocycles. The number of hydrogen-bond donors (Lipinski definition) is 1. The van der Waals surface area contributed by atoms with Crippen LogP contribution in [-0.2, 0) is 4.46 Å². The molecule has 2 nitrogen and oxygen atoms in total. The second-order valence-corrected chi connectivity index (χ2v) is 0.759. The standard InChI is InChI=1S/FHO2Si.Mg.Na.3H/c1-4(2)3;;;;;/h2H;;;;;. The summed E-state index contributed by atoms with van der Waals surface area (Å²) in [4.78, 5) is 6.94. The van der Waals surface area contributed by atoms with Crippen molar-refractivity contribution in [1.29, 1.82) is 0 Å². The first-order valence-electron chi connectivity index (χ1n) is 0.617. The van der Waals surface area contributed by atoms with Crippen LogP contribution in [0.15, 0.2) is 0 Å². The second kappa shape index (κ2) is 9.72. The first kappa shape index (κ1) is 15.6. The summed E-state index contributed by atoms with van der Waals surface area (Å²) in [5.41, 5.74) is 0. The average Bonchev–Trinajstić information content (AvgIpc) is 0.811. The van der Waals surface area contributed by atoms with Crippen molar-refractivity contribution in [3.8, 4) is 0 Å². The number of hydrogen-bond acceptors (Lipinski definition) is 1. The van der Waals surface area contributed by atoms with Crippen LogP contribution in [0.2, 0.25) is 0 Å². The van der Waals surface area contributed by atoms with Gasteiger partial charge in [-0.25, -0.2) is 0 Å². The van der Waals surface area contributed by atoms with Crippen LogP contribution in [0.1, 0.15) is 0 Å². The Morgan fingerprint density at radius 2 is 1.67 bits per heavy atom. The van der Waals surface area contributed by atoms with Crippen molar-refractivity contribution in [2.24, 2.45) is 0 Å². The fraction of sp³-hybridized carbons (Fsp3) is 0. The molecule has 1 N–H and O–H groups in total. The molecule has 0 aromatic carbocycles. The molecule has 0 aliphatic carbocycles. The molecule has 0 amide bonds. The van der Waals surface area contributed by atoms with Crippen molar-refractivity contribution < 1.29 is 13.4 Å². The Labute approximate surface area is 74.5 Å². The molecule has 0 aromatic heterocycles. The predicted molar refractivity (Wildman–Crippen MR) is 25.5 cm³/mol. The van der Waals surface area contributed by atoms with Crippen LogP contribution >= 0.6 is 0 Å². The predicted octanol–water partition coefficient (Wildman–Crippen LogP) is -2.20. The van der Waals surface area contributed by atoms with Gasteiger partial charge in [0.2, 0.25) is 0 Å². The van der Waals surface area contributed by atoms with Gasteiger partial charge < -0.3 is 4.80 Å². The van der Waals surface area contributed by atoms with Gasteiger partial charge >= 0.3 is 61.9 Å². The van der Waals surface area contributed by atoms with Crippen LogP contribution < -0.4 is 0 Å². The summed E-state index contributed by atoms with van der Waals surface area (Å²) >= 11 is 0. The molecule has 0 spiro atoms. The van der Waals surface area contributed by atoms with Gasteiger partial charge in [-0.1, -0.05) is 0 Å². The number of rotatable bonds is 0. The van der Waals surface area contributed by atoms with Gasteiger partial charge in [-0.05, 0) is 0 Å². The van der Waals surface area contributed by atoms with Gasteiger partial charge in [0.25, 0.3) is 0 Å². The molecule has 0 fully saturated rings.